The van der Waals surface area contributed by atoms with Crippen LogP contribution in [0.5, 0.6) is 5.75 Å². The number of rotatable bonds is 4. The predicted molar refractivity (Wildman–Crippen MR) is 63.0 cm³/mol. The SMILES string of the molecule is COc1ccc(NC(=O)CC(N)=S)cc1. The van der Waals surface area contributed by atoms with E-state index in [0.29, 0.717) is 5.69 Å². The predicted octanol–water partition coefficient (Wildman–Crippen LogP) is 1.31. The molecule has 80 valence electrons. The first kappa shape index (κ1) is 11.5. The van der Waals surface area contributed by atoms with Gasteiger partial charge in [0.15, 0.2) is 0 Å². The molecular weight excluding hydrogens is 212 g/mol. The van der Waals surface area contributed by atoms with Crippen molar-refractivity contribution in [3.63, 3.8) is 0 Å². The van der Waals surface area contributed by atoms with Gasteiger partial charge in [0.25, 0.3) is 0 Å². The lowest BCUT2D eigenvalue weighted by Crippen LogP contribution is -2.20. The summed E-state index contributed by atoms with van der Waals surface area (Å²) in [6.07, 6.45) is 0.0569. The Morgan fingerprint density at radius 1 is 1.47 bits per heavy atom. The van der Waals surface area contributed by atoms with Crippen LogP contribution in [-0.4, -0.2) is 18.0 Å². The molecule has 0 unspecified atom stereocenters. The van der Waals surface area contributed by atoms with Crippen LogP contribution < -0.4 is 15.8 Å². The minimum Gasteiger partial charge on any atom is -0.497 e. The summed E-state index contributed by atoms with van der Waals surface area (Å²) >= 11 is 4.62. The van der Waals surface area contributed by atoms with Gasteiger partial charge in [0, 0.05) is 5.69 Å². The third-order valence-electron chi connectivity index (χ3n) is 1.71. The molecule has 0 aromatic heterocycles. The van der Waals surface area contributed by atoms with Gasteiger partial charge in [0.2, 0.25) is 5.91 Å². The molecule has 0 aliphatic carbocycles. The van der Waals surface area contributed by atoms with Gasteiger partial charge < -0.3 is 15.8 Å². The Morgan fingerprint density at radius 3 is 2.53 bits per heavy atom. The van der Waals surface area contributed by atoms with Crippen LogP contribution >= 0.6 is 12.2 Å². The van der Waals surface area contributed by atoms with Crippen molar-refractivity contribution in [1.82, 2.24) is 0 Å². The molecule has 0 bridgehead atoms. The number of hydrogen-bond donors (Lipinski definition) is 2. The third-order valence-corrected chi connectivity index (χ3v) is 1.85. The van der Waals surface area contributed by atoms with Crippen molar-refractivity contribution in [3.8, 4) is 5.75 Å². The van der Waals surface area contributed by atoms with E-state index in [9.17, 15) is 4.79 Å². The van der Waals surface area contributed by atoms with Gasteiger partial charge in [-0.1, -0.05) is 12.2 Å². The fourth-order valence-electron chi connectivity index (χ4n) is 1.04. The van der Waals surface area contributed by atoms with Crippen molar-refractivity contribution in [1.29, 1.82) is 0 Å². The maximum absolute atomic E-state index is 11.3. The number of anilines is 1. The van der Waals surface area contributed by atoms with Crippen LogP contribution in [-0.2, 0) is 4.79 Å². The highest BCUT2D eigenvalue weighted by molar-refractivity contribution is 7.80. The van der Waals surface area contributed by atoms with Crippen LogP contribution in [0.15, 0.2) is 24.3 Å². The lowest BCUT2D eigenvalue weighted by molar-refractivity contribution is -0.115. The number of ether oxygens (including phenoxy) is 1. The molecule has 4 nitrogen and oxygen atoms in total. The summed E-state index contributed by atoms with van der Waals surface area (Å²) in [4.78, 5) is 11.4. The van der Waals surface area contributed by atoms with E-state index in [0.717, 1.165) is 5.75 Å². The van der Waals surface area contributed by atoms with Crippen molar-refractivity contribution in [3.05, 3.63) is 24.3 Å². The van der Waals surface area contributed by atoms with E-state index < -0.39 is 0 Å². The third kappa shape index (κ3) is 3.95. The Balaban J connectivity index is 2.57. The molecule has 1 rings (SSSR count). The number of hydrogen-bond acceptors (Lipinski definition) is 3. The second-order valence-electron chi connectivity index (χ2n) is 2.92. The second-order valence-corrected chi connectivity index (χ2v) is 3.44. The molecule has 0 saturated carbocycles. The smallest absolute Gasteiger partial charge is 0.231 e. The first-order chi connectivity index (χ1) is 7.11. The fourth-order valence-corrected chi connectivity index (χ4v) is 1.17. The number of nitrogens with two attached hydrogens (primary N) is 1. The number of methoxy groups -OCH3 is 1. The molecule has 0 radical (unpaired) electrons. The van der Waals surface area contributed by atoms with Crippen molar-refractivity contribution in [2.75, 3.05) is 12.4 Å². The van der Waals surface area contributed by atoms with E-state index in [4.69, 9.17) is 10.5 Å². The average molecular weight is 224 g/mol. The Kier molecular flexibility index (Phi) is 4.05. The highest BCUT2D eigenvalue weighted by atomic mass is 32.1. The van der Waals surface area contributed by atoms with Gasteiger partial charge in [-0.15, -0.1) is 0 Å². The minimum atomic E-state index is -0.215. The first-order valence-corrected chi connectivity index (χ1v) is 4.75. The number of nitrogens with one attached hydrogen (secondary N) is 1. The topological polar surface area (TPSA) is 64.3 Å². The van der Waals surface area contributed by atoms with Crippen molar-refractivity contribution in [2.45, 2.75) is 6.42 Å². The van der Waals surface area contributed by atoms with Crippen LogP contribution in [0.3, 0.4) is 0 Å². The molecule has 0 spiro atoms. The number of benzene rings is 1. The zero-order valence-electron chi connectivity index (χ0n) is 8.32. The Bertz CT molecular complexity index is 362. The summed E-state index contributed by atoms with van der Waals surface area (Å²) in [5.74, 6) is 0.523. The summed E-state index contributed by atoms with van der Waals surface area (Å²) in [5, 5.41) is 2.66. The molecule has 1 aromatic rings. The van der Waals surface area contributed by atoms with Gasteiger partial charge in [-0.05, 0) is 24.3 Å². The largest absolute Gasteiger partial charge is 0.497 e. The van der Waals surface area contributed by atoms with E-state index in [1.54, 1.807) is 31.4 Å². The lowest BCUT2D eigenvalue weighted by Gasteiger charge is -2.05. The standard InChI is InChI=1S/C10H12N2O2S/c1-14-8-4-2-7(3-5-8)12-10(13)6-9(11)15/h2-5H,6H2,1H3,(H2,11,15)(H,12,13). The van der Waals surface area contributed by atoms with Crippen molar-refractivity contribution >= 4 is 28.8 Å². The first-order valence-electron chi connectivity index (χ1n) is 4.34. The highest BCUT2D eigenvalue weighted by Gasteiger charge is 2.03. The van der Waals surface area contributed by atoms with Gasteiger partial charge in [-0.25, -0.2) is 0 Å². The Labute approximate surface area is 93.4 Å². The zero-order chi connectivity index (χ0) is 11.3. The molecule has 0 fully saturated rings. The van der Waals surface area contributed by atoms with Crippen LogP contribution in [0, 0.1) is 0 Å². The summed E-state index contributed by atoms with van der Waals surface area (Å²) in [6.45, 7) is 0. The number of amides is 1. The van der Waals surface area contributed by atoms with Gasteiger partial charge in [0.05, 0.1) is 18.5 Å². The number of carbonyl (C=O) groups is 1. The van der Waals surface area contributed by atoms with Crippen molar-refractivity contribution < 1.29 is 9.53 Å². The Hall–Kier alpha value is -1.62. The second kappa shape index (κ2) is 5.31. The summed E-state index contributed by atoms with van der Waals surface area (Å²) < 4.78 is 4.99. The molecule has 1 aromatic carbocycles. The van der Waals surface area contributed by atoms with E-state index >= 15 is 0 Å². The molecule has 0 atom stereocenters. The Morgan fingerprint density at radius 2 is 2.07 bits per heavy atom. The molecule has 15 heavy (non-hydrogen) atoms. The van der Waals surface area contributed by atoms with E-state index in [1.807, 2.05) is 0 Å². The molecule has 0 saturated heterocycles. The molecule has 0 aliphatic heterocycles. The number of carbonyl (C=O) groups excluding carboxylic acids is 1. The molecular formula is C10H12N2O2S. The lowest BCUT2D eigenvalue weighted by atomic mass is 10.3. The summed E-state index contributed by atoms with van der Waals surface area (Å²) in [5.41, 5.74) is 5.93. The normalized spacial score (nSPS) is 9.40. The quantitative estimate of drug-likeness (QED) is 0.757. The molecule has 1 amide bonds. The van der Waals surface area contributed by atoms with E-state index in [1.165, 1.54) is 0 Å². The van der Waals surface area contributed by atoms with Gasteiger partial charge in [-0.3, -0.25) is 4.79 Å². The van der Waals surface area contributed by atoms with Crippen LogP contribution in [0.2, 0.25) is 0 Å². The molecule has 3 N–H and O–H groups in total. The van der Waals surface area contributed by atoms with Crippen LogP contribution in [0.25, 0.3) is 0 Å². The van der Waals surface area contributed by atoms with Crippen LogP contribution in [0.1, 0.15) is 6.42 Å². The monoisotopic (exact) mass is 224 g/mol. The van der Waals surface area contributed by atoms with Gasteiger partial charge in [-0.2, -0.15) is 0 Å². The van der Waals surface area contributed by atoms with Crippen LogP contribution in [0.4, 0.5) is 5.69 Å². The van der Waals surface area contributed by atoms with Gasteiger partial charge >= 0.3 is 0 Å². The molecule has 5 heteroatoms. The summed E-state index contributed by atoms with van der Waals surface area (Å²) in [7, 11) is 1.58. The average Bonchev–Trinajstić information content (AvgIpc) is 2.17. The zero-order valence-corrected chi connectivity index (χ0v) is 9.14. The fraction of sp³-hybridized carbons (Fsp3) is 0.200. The maximum Gasteiger partial charge on any atom is 0.231 e. The van der Waals surface area contributed by atoms with E-state index in [-0.39, 0.29) is 17.3 Å². The minimum absolute atomic E-state index is 0.0569. The molecule has 0 aliphatic rings. The van der Waals surface area contributed by atoms with Crippen molar-refractivity contribution in [2.24, 2.45) is 5.73 Å². The molecule has 0 heterocycles. The number of thiocarbonyl (C=S) groups is 1. The maximum atomic E-state index is 11.3. The van der Waals surface area contributed by atoms with E-state index in [2.05, 4.69) is 17.5 Å². The van der Waals surface area contributed by atoms with Gasteiger partial charge in [0.1, 0.15) is 5.75 Å². The summed E-state index contributed by atoms with van der Waals surface area (Å²) in [6, 6.07) is 7.01. The highest BCUT2D eigenvalue weighted by Crippen LogP contribution is 2.14.